The zero-order chi connectivity index (χ0) is 18.4. The summed E-state index contributed by atoms with van der Waals surface area (Å²) in [5.41, 5.74) is 1.99. The summed E-state index contributed by atoms with van der Waals surface area (Å²) in [5, 5.41) is 9.43. The maximum Gasteiger partial charge on any atom is 0.115 e. The molecule has 1 nitrogen and oxygen atoms in total. The number of aryl methyl sites for hydroxylation is 1. The molecular weight excluding hydrogens is 316 g/mol. The highest BCUT2D eigenvalue weighted by atomic mass is 16.3. The second-order valence-corrected chi connectivity index (χ2v) is 9.51. The van der Waals surface area contributed by atoms with Gasteiger partial charge in [-0.2, -0.15) is 0 Å². The van der Waals surface area contributed by atoms with Gasteiger partial charge in [0.2, 0.25) is 0 Å². The summed E-state index contributed by atoms with van der Waals surface area (Å²) in [4.78, 5) is 0. The number of hydrogen-bond acceptors (Lipinski definition) is 1. The van der Waals surface area contributed by atoms with Crippen molar-refractivity contribution in [3.8, 4) is 5.75 Å². The molecule has 3 rings (SSSR count). The lowest BCUT2D eigenvalue weighted by Gasteiger charge is -2.48. The van der Waals surface area contributed by atoms with Crippen molar-refractivity contribution in [2.45, 2.75) is 97.3 Å². The zero-order valence-corrected chi connectivity index (χ0v) is 17.2. The fourth-order valence-corrected chi connectivity index (χ4v) is 6.19. The zero-order valence-electron chi connectivity index (χ0n) is 17.2. The van der Waals surface area contributed by atoms with Gasteiger partial charge < -0.3 is 5.11 Å². The molecule has 0 aliphatic heterocycles. The van der Waals surface area contributed by atoms with Gasteiger partial charge in [-0.05, 0) is 85.8 Å². The van der Waals surface area contributed by atoms with Crippen LogP contribution in [0.4, 0.5) is 0 Å². The van der Waals surface area contributed by atoms with Gasteiger partial charge in [0.25, 0.3) is 0 Å². The van der Waals surface area contributed by atoms with Crippen LogP contribution in [0.25, 0.3) is 0 Å². The van der Waals surface area contributed by atoms with Crippen molar-refractivity contribution in [3.63, 3.8) is 0 Å². The summed E-state index contributed by atoms with van der Waals surface area (Å²) in [7, 11) is 0. The fourth-order valence-electron chi connectivity index (χ4n) is 6.19. The Balaban J connectivity index is 1.51. The van der Waals surface area contributed by atoms with E-state index in [1.54, 1.807) is 0 Å². The topological polar surface area (TPSA) is 20.2 Å². The Morgan fingerprint density at radius 1 is 0.885 bits per heavy atom. The SMILES string of the molecule is CCCC(C)(C1CCCCC1)[C@H]1CC[C@H](CCc2ccc(O)cc2)CC1. The minimum absolute atomic E-state index is 0.382. The number of hydrogen-bond donors (Lipinski definition) is 1. The van der Waals surface area contributed by atoms with E-state index in [2.05, 4.69) is 26.0 Å². The van der Waals surface area contributed by atoms with E-state index in [1.165, 1.54) is 89.0 Å². The summed E-state index contributed by atoms with van der Waals surface area (Å²) >= 11 is 0. The molecule has 2 saturated carbocycles. The first-order valence-corrected chi connectivity index (χ1v) is 11.4. The lowest BCUT2D eigenvalue weighted by molar-refractivity contribution is 0.0213. The Morgan fingerprint density at radius 2 is 1.50 bits per heavy atom. The standard InChI is InChI=1S/C25H40O/c1-3-19-25(2,22-7-5-4-6-8-22)23-15-11-20(12-16-23)9-10-21-13-17-24(26)18-14-21/h13-14,17-18,20,22-23,26H,3-12,15-16,19H2,1-2H3/t20-,23-,25?. The summed E-state index contributed by atoms with van der Waals surface area (Å²) in [6, 6.07) is 7.82. The number of phenolic OH excluding ortho intramolecular Hbond substituents is 1. The predicted octanol–water partition coefficient (Wildman–Crippen LogP) is 7.52. The van der Waals surface area contributed by atoms with E-state index in [1.807, 2.05) is 12.1 Å². The quantitative estimate of drug-likeness (QED) is 0.535. The molecule has 1 unspecified atom stereocenters. The van der Waals surface area contributed by atoms with Crippen molar-refractivity contribution in [3.05, 3.63) is 29.8 Å². The van der Waals surface area contributed by atoms with Crippen molar-refractivity contribution >= 4 is 0 Å². The third-order valence-electron chi connectivity index (χ3n) is 7.88. The highest BCUT2D eigenvalue weighted by Gasteiger charge is 2.41. The molecule has 1 aromatic rings. The van der Waals surface area contributed by atoms with Crippen molar-refractivity contribution in [2.24, 2.45) is 23.2 Å². The van der Waals surface area contributed by atoms with E-state index in [0.29, 0.717) is 11.2 Å². The van der Waals surface area contributed by atoms with Crippen molar-refractivity contribution in [2.75, 3.05) is 0 Å². The van der Waals surface area contributed by atoms with Gasteiger partial charge in [-0.15, -0.1) is 0 Å². The highest BCUT2D eigenvalue weighted by molar-refractivity contribution is 5.25. The molecule has 1 N–H and O–H groups in total. The maximum absolute atomic E-state index is 9.43. The number of rotatable bonds is 7. The molecule has 0 spiro atoms. The molecule has 2 aliphatic rings. The molecule has 26 heavy (non-hydrogen) atoms. The second kappa shape index (κ2) is 9.29. The molecule has 2 fully saturated rings. The van der Waals surface area contributed by atoms with Crippen LogP contribution >= 0.6 is 0 Å². The van der Waals surface area contributed by atoms with Gasteiger partial charge in [-0.3, -0.25) is 0 Å². The van der Waals surface area contributed by atoms with E-state index in [9.17, 15) is 5.11 Å². The Morgan fingerprint density at radius 3 is 2.12 bits per heavy atom. The Labute approximate surface area is 161 Å². The number of benzene rings is 1. The second-order valence-electron chi connectivity index (χ2n) is 9.51. The number of aromatic hydroxyl groups is 1. The van der Waals surface area contributed by atoms with Crippen LogP contribution in [0.1, 0.15) is 96.5 Å². The van der Waals surface area contributed by atoms with Crippen LogP contribution in [0.2, 0.25) is 0 Å². The molecule has 0 bridgehead atoms. The van der Waals surface area contributed by atoms with Crippen LogP contribution < -0.4 is 0 Å². The maximum atomic E-state index is 9.43. The van der Waals surface area contributed by atoms with Crippen LogP contribution in [0.3, 0.4) is 0 Å². The normalized spacial score (nSPS) is 27.2. The van der Waals surface area contributed by atoms with E-state index >= 15 is 0 Å². The first kappa shape index (κ1) is 19.8. The molecule has 1 atom stereocenters. The molecule has 0 heterocycles. The number of phenols is 1. The summed E-state index contributed by atoms with van der Waals surface area (Å²) in [5.74, 6) is 3.26. The first-order chi connectivity index (χ1) is 12.6. The predicted molar refractivity (Wildman–Crippen MR) is 111 cm³/mol. The van der Waals surface area contributed by atoms with Crippen molar-refractivity contribution < 1.29 is 5.11 Å². The van der Waals surface area contributed by atoms with Crippen LogP contribution in [-0.4, -0.2) is 5.11 Å². The molecule has 0 aromatic heterocycles. The average molecular weight is 357 g/mol. The lowest BCUT2D eigenvalue weighted by atomic mass is 9.57. The van der Waals surface area contributed by atoms with Crippen LogP contribution in [-0.2, 0) is 6.42 Å². The molecule has 146 valence electrons. The van der Waals surface area contributed by atoms with Gasteiger partial charge in [0.05, 0.1) is 0 Å². The molecule has 0 saturated heterocycles. The van der Waals surface area contributed by atoms with Crippen molar-refractivity contribution in [1.82, 2.24) is 0 Å². The molecule has 1 heteroatoms. The van der Waals surface area contributed by atoms with Gasteiger partial charge in [-0.1, -0.05) is 64.5 Å². The van der Waals surface area contributed by atoms with Crippen LogP contribution in [0, 0.1) is 23.2 Å². The summed E-state index contributed by atoms with van der Waals surface area (Å²) in [6.45, 7) is 5.05. The van der Waals surface area contributed by atoms with E-state index in [0.717, 1.165) is 17.8 Å². The van der Waals surface area contributed by atoms with E-state index < -0.39 is 0 Å². The fraction of sp³-hybridized carbons (Fsp3) is 0.760. The summed E-state index contributed by atoms with van der Waals surface area (Å²) in [6.07, 6.45) is 18.5. The minimum atomic E-state index is 0.382. The molecular formula is C25H40O. The Hall–Kier alpha value is -0.980. The lowest BCUT2D eigenvalue weighted by Crippen LogP contribution is -2.38. The monoisotopic (exact) mass is 356 g/mol. The Bertz CT molecular complexity index is 520. The minimum Gasteiger partial charge on any atom is -0.508 e. The first-order valence-electron chi connectivity index (χ1n) is 11.4. The molecule has 1 aromatic carbocycles. The largest absolute Gasteiger partial charge is 0.508 e. The van der Waals surface area contributed by atoms with Gasteiger partial charge in [-0.25, -0.2) is 0 Å². The van der Waals surface area contributed by atoms with Crippen LogP contribution in [0.5, 0.6) is 5.75 Å². The van der Waals surface area contributed by atoms with Gasteiger partial charge in [0, 0.05) is 0 Å². The average Bonchev–Trinajstić information content (AvgIpc) is 2.69. The van der Waals surface area contributed by atoms with Crippen molar-refractivity contribution in [1.29, 1.82) is 0 Å². The molecule has 2 aliphatic carbocycles. The Kier molecular flexibility index (Phi) is 7.06. The molecule has 0 amide bonds. The van der Waals surface area contributed by atoms with Crippen LogP contribution in [0.15, 0.2) is 24.3 Å². The van der Waals surface area contributed by atoms with E-state index in [-0.39, 0.29) is 0 Å². The van der Waals surface area contributed by atoms with Gasteiger partial charge in [0.15, 0.2) is 0 Å². The summed E-state index contributed by atoms with van der Waals surface area (Å²) < 4.78 is 0. The third kappa shape index (κ3) is 4.84. The van der Waals surface area contributed by atoms with E-state index in [4.69, 9.17) is 0 Å². The smallest absolute Gasteiger partial charge is 0.115 e. The third-order valence-corrected chi connectivity index (χ3v) is 7.88. The molecule has 0 radical (unpaired) electrons. The highest BCUT2D eigenvalue weighted by Crippen LogP contribution is 2.52. The van der Waals surface area contributed by atoms with Gasteiger partial charge in [0.1, 0.15) is 5.75 Å². The van der Waals surface area contributed by atoms with Gasteiger partial charge >= 0.3 is 0 Å².